The van der Waals surface area contributed by atoms with Gasteiger partial charge in [0, 0.05) is 31.4 Å². The number of halogens is 1. The number of aromatic nitrogens is 7. The number of alkyl halides is 1. The minimum Gasteiger partial charge on any atom is -0.389 e. The summed E-state index contributed by atoms with van der Waals surface area (Å²) in [6, 6.07) is 1.47. The molecule has 0 saturated heterocycles. The first-order chi connectivity index (χ1) is 20.3. The van der Waals surface area contributed by atoms with Crippen LogP contribution in [0.15, 0.2) is 57.1 Å². The number of H-pyrrole nitrogens is 1. The van der Waals surface area contributed by atoms with E-state index in [1.807, 2.05) is 33.2 Å². The molecule has 0 radical (unpaired) electrons. The fraction of sp³-hybridized carbons (Fsp3) is 0.333. The maximum Gasteiger partial charge on any atom is 0.437 e. The molecule has 4 aromatic heterocycles. The molecule has 2 aliphatic heterocycles. The molecule has 214 valence electrons. The molecule has 11 nitrogen and oxygen atoms in total. The van der Waals surface area contributed by atoms with Gasteiger partial charge in [-0.3, -0.25) is 20.0 Å². The molecule has 0 amide bonds. The van der Waals surface area contributed by atoms with Crippen molar-refractivity contribution in [3.63, 3.8) is 0 Å². The molecule has 42 heavy (non-hydrogen) atoms. The zero-order chi connectivity index (χ0) is 29.0. The van der Waals surface area contributed by atoms with Gasteiger partial charge in [0.15, 0.2) is 5.54 Å². The van der Waals surface area contributed by atoms with Crippen LogP contribution in [0.1, 0.15) is 84.3 Å². The van der Waals surface area contributed by atoms with Gasteiger partial charge < -0.3 is 9.40 Å². The molecular weight excluding hydrogens is 537 g/mol. The lowest BCUT2D eigenvalue weighted by molar-refractivity contribution is 0.281. The first-order valence-electron chi connectivity index (χ1n) is 14.0. The van der Waals surface area contributed by atoms with Crippen molar-refractivity contribution in [3.8, 4) is 0 Å². The molecule has 4 aromatic rings. The van der Waals surface area contributed by atoms with E-state index in [4.69, 9.17) is 19.5 Å². The predicted octanol–water partition coefficient (Wildman–Crippen LogP) is 4.03. The van der Waals surface area contributed by atoms with Crippen LogP contribution < -0.4 is 11.1 Å². The van der Waals surface area contributed by atoms with Gasteiger partial charge in [0.1, 0.15) is 12.0 Å². The average molecular weight is 568 g/mol. The molecule has 1 aliphatic carbocycles. The van der Waals surface area contributed by atoms with E-state index >= 15 is 0 Å². The number of pyridine rings is 1. The number of aryl methyl sites for hydroxylation is 1. The van der Waals surface area contributed by atoms with E-state index in [0.717, 1.165) is 23.2 Å². The highest BCUT2D eigenvalue weighted by atomic mass is 19.1. The largest absolute Gasteiger partial charge is 0.437 e. The summed E-state index contributed by atoms with van der Waals surface area (Å²) in [5.41, 5.74) is 4.26. The maximum absolute atomic E-state index is 13.7. The number of hydrogen-bond acceptors (Lipinski definition) is 8. The number of hydrogen-bond donors (Lipinski definition) is 2. The SMILES string of the molecule is CC(C)n1nc(C2(c3cnn(C)c3)NC(c3ncc(C4=CCC(F)C=N4)[nH]3)Cc3c4cc(nc32)/C=C\CC=C4)oc1=O. The summed E-state index contributed by atoms with van der Waals surface area (Å²) in [6.45, 7) is 3.76. The second kappa shape index (κ2) is 9.98. The Bertz CT molecular complexity index is 1850. The van der Waals surface area contributed by atoms with Gasteiger partial charge in [0.25, 0.3) is 0 Å². The average Bonchev–Trinajstić information content (AvgIpc) is 3.72. The number of nitrogens with zero attached hydrogens (tertiary/aromatic N) is 7. The van der Waals surface area contributed by atoms with Gasteiger partial charge in [0.2, 0.25) is 5.89 Å². The zero-order valence-corrected chi connectivity index (χ0v) is 23.5. The summed E-state index contributed by atoms with van der Waals surface area (Å²) < 4.78 is 22.6. The zero-order valence-electron chi connectivity index (χ0n) is 23.5. The lowest BCUT2D eigenvalue weighted by atomic mass is 9.77. The molecule has 0 aromatic carbocycles. The summed E-state index contributed by atoms with van der Waals surface area (Å²) in [5.74, 6) is 0.264. The molecular formula is C30H30FN9O2. The molecule has 0 spiro atoms. The van der Waals surface area contributed by atoms with Crippen molar-refractivity contribution in [3.05, 3.63) is 98.9 Å². The first kappa shape index (κ1) is 26.2. The van der Waals surface area contributed by atoms with Crippen molar-refractivity contribution >= 4 is 24.1 Å². The molecule has 2 N–H and O–H groups in total. The molecule has 3 aliphatic rings. The topological polar surface area (TPSA) is 132 Å². The number of aliphatic imine (C=N–C) groups is 1. The molecule has 3 unspecified atom stereocenters. The van der Waals surface area contributed by atoms with Gasteiger partial charge in [0.05, 0.1) is 47.3 Å². The quantitative estimate of drug-likeness (QED) is 0.372. The second-order valence-corrected chi connectivity index (χ2v) is 11.1. The van der Waals surface area contributed by atoms with Crippen molar-refractivity contribution < 1.29 is 8.81 Å². The van der Waals surface area contributed by atoms with E-state index in [2.05, 4.69) is 44.7 Å². The van der Waals surface area contributed by atoms with Crippen LogP contribution in [0, 0.1) is 0 Å². The maximum atomic E-state index is 13.7. The van der Waals surface area contributed by atoms with Crippen LogP contribution in [-0.2, 0) is 19.0 Å². The molecule has 3 atom stereocenters. The molecule has 0 fully saturated rings. The van der Waals surface area contributed by atoms with Crippen LogP contribution >= 0.6 is 0 Å². The third-order valence-corrected chi connectivity index (χ3v) is 7.82. The van der Waals surface area contributed by atoms with E-state index in [0.29, 0.717) is 34.9 Å². The van der Waals surface area contributed by atoms with Crippen LogP contribution in [0.4, 0.5) is 4.39 Å². The minimum absolute atomic E-state index is 0.168. The fourth-order valence-electron chi connectivity index (χ4n) is 5.79. The number of nitrogens with one attached hydrogen (secondary N) is 2. The molecule has 12 heteroatoms. The molecule has 6 heterocycles. The van der Waals surface area contributed by atoms with Crippen LogP contribution in [0.2, 0.25) is 0 Å². The summed E-state index contributed by atoms with van der Waals surface area (Å²) in [6.07, 6.45) is 17.2. The summed E-state index contributed by atoms with van der Waals surface area (Å²) >= 11 is 0. The van der Waals surface area contributed by atoms with Gasteiger partial charge in [-0.1, -0.05) is 24.3 Å². The Labute approximate surface area is 240 Å². The van der Waals surface area contributed by atoms with E-state index in [9.17, 15) is 9.18 Å². The predicted molar refractivity (Wildman–Crippen MR) is 155 cm³/mol. The van der Waals surface area contributed by atoms with Crippen molar-refractivity contribution in [2.75, 3.05) is 0 Å². The Balaban J connectivity index is 1.46. The van der Waals surface area contributed by atoms with Gasteiger partial charge in [-0.05, 0) is 50.0 Å². The Morgan fingerprint density at radius 3 is 2.81 bits per heavy atom. The van der Waals surface area contributed by atoms with Crippen molar-refractivity contribution in [2.45, 2.75) is 56.9 Å². The number of allylic oxidation sites excluding steroid dienone is 3. The van der Waals surface area contributed by atoms with E-state index < -0.39 is 17.5 Å². The fourth-order valence-corrected chi connectivity index (χ4v) is 5.79. The molecule has 7 rings (SSSR count). The first-order valence-corrected chi connectivity index (χ1v) is 14.0. The number of fused-ring (bicyclic) bond motifs is 4. The van der Waals surface area contributed by atoms with Gasteiger partial charge in [-0.2, -0.15) is 9.78 Å². The van der Waals surface area contributed by atoms with Crippen molar-refractivity contribution in [2.24, 2.45) is 12.0 Å². The second-order valence-electron chi connectivity index (χ2n) is 11.1. The van der Waals surface area contributed by atoms with Crippen molar-refractivity contribution in [1.82, 2.24) is 39.8 Å². The highest BCUT2D eigenvalue weighted by Gasteiger charge is 2.51. The van der Waals surface area contributed by atoms with Crippen LogP contribution in [0.5, 0.6) is 0 Å². The number of imidazole rings is 1. The Hall–Kier alpha value is -4.71. The summed E-state index contributed by atoms with van der Waals surface area (Å²) in [5, 5.41) is 12.9. The summed E-state index contributed by atoms with van der Waals surface area (Å²) in [4.78, 5) is 30.6. The van der Waals surface area contributed by atoms with Gasteiger partial charge in [-0.15, -0.1) is 5.10 Å². The van der Waals surface area contributed by atoms with E-state index in [1.54, 1.807) is 23.2 Å². The standard InChI is InChI=1S/C30H30FN9O2/c1-17(2)40-29(41)42-28(38-40)30(19-13-34-39(3)16-19)26-22(18-7-5-4-6-8-21(11-18)35-26)12-24(37-30)27-33-15-25(36-27)23-10-9-20(31)14-32-23/h5-8,10-11,13-17,20,24,37H,4,9,12H2,1-3H3,(H,33,36)/b7-5?,8-6-. The van der Waals surface area contributed by atoms with Crippen LogP contribution in [0.3, 0.4) is 0 Å². The van der Waals surface area contributed by atoms with Crippen molar-refractivity contribution in [1.29, 1.82) is 0 Å². The number of rotatable bonds is 5. The Kier molecular flexibility index (Phi) is 6.23. The lowest BCUT2D eigenvalue weighted by Crippen LogP contribution is -2.52. The normalized spacial score (nSPS) is 23.9. The van der Waals surface area contributed by atoms with Gasteiger partial charge in [-0.25, -0.2) is 14.2 Å². The molecule has 2 bridgehead atoms. The number of aromatic amines is 1. The highest BCUT2D eigenvalue weighted by molar-refractivity contribution is 5.77. The lowest BCUT2D eigenvalue weighted by Gasteiger charge is -2.40. The third-order valence-electron chi connectivity index (χ3n) is 7.82. The third kappa shape index (κ3) is 4.30. The highest BCUT2D eigenvalue weighted by Crippen LogP contribution is 2.44. The Morgan fingerprint density at radius 1 is 1.21 bits per heavy atom. The Morgan fingerprint density at radius 2 is 2.07 bits per heavy atom. The van der Waals surface area contributed by atoms with Gasteiger partial charge >= 0.3 is 5.76 Å². The van der Waals surface area contributed by atoms with Crippen LogP contribution in [0.25, 0.3) is 17.8 Å². The smallest absolute Gasteiger partial charge is 0.389 e. The monoisotopic (exact) mass is 567 g/mol. The van der Waals surface area contributed by atoms with E-state index in [1.165, 1.54) is 10.9 Å². The van der Waals surface area contributed by atoms with E-state index in [-0.39, 0.29) is 24.4 Å². The molecule has 0 saturated carbocycles. The minimum atomic E-state index is -1.27. The van der Waals surface area contributed by atoms with Crippen LogP contribution in [-0.4, -0.2) is 46.9 Å². The summed E-state index contributed by atoms with van der Waals surface area (Å²) in [7, 11) is 1.83.